The molecule has 0 radical (unpaired) electrons. The summed E-state index contributed by atoms with van der Waals surface area (Å²) < 4.78 is 0. The van der Waals surface area contributed by atoms with Crippen LogP contribution in [0.4, 0.5) is 16.2 Å². The molecular weight excluding hydrogens is 404 g/mol. The van der Waals surface area contributed by atoms with Gasteiger partial charge in [0.2, 0.25) is 0 Å². The molecule has 0 saturated heterocycles. The SMILES string of the molecule is Cc1ccc(NC(=O)Nc2ccc(-c3ccc(C(=O)C4CC4C(=O)O)cc3)cc2)cc1C. The van der Waals surface area contributed by atoms with E-state index in [0.29, 0.717) is 17.7 Å². The predicted octanol–water partition coefficient (Wildman–Crippen LogP) is 5.52. The molecule has 2 amide bonds. The Morgan fingerprint density at radius 2 is 1.31 bits per heavy atom. The molecule has 1 aliphatic carbocycles. The number of aliphatic carboxylic acids is 1. The number of benzene rings is 3. The minimum absolute atomic E-state index is 0.113. The molecule has 162 valence electrons. The normalized spacial score (nSPS) is 16.8. The Kier molecular flexibility index (Phi) is 5.77. The van der Waals surface area contributed by atoms with Crippen LogP contribution in [0.1, 0.15) is 27.9 Å². The Hall–Kier alpha value is -3.93. The molecule has 0 spiro atoms. The highest BCUT2D eigenvalue weighted by molar-refractivity contribution is 6.03. The number of carboxylic acid groups (broad SMARTS) is 1. The third-order valence-corrected chi connectivity index (χ3v) is 5.85. The fourth-order valence-corrected chi connectivity index (χ4v) is 3.66. The zero-order chi connectivity index (χ0) is 22.8. The number of aryl methyl sites for hydroxylation is 2. The van der Waals surface area contributed by atoms with Gasteiger partial charge in [0.1, 0.15) is 0 Å². The van der Waals surface area contributed by atoms with Crippen LogP contribution >= 0.6 is 0 Å². The van der Waals surface area contributed by atoms with Crippen molar-refractivity contribution in [2.24, 2.45) is 11.8 Å². The van der Waals surface area contributed by atoms with Gasteiger partial charge >= 0.3 is 12.0 Å². The van der Waals surface area contributed by atoms with E-state index in [1.165, 1.54) is 5.56 Å². The summed E-state index contributed by atoms with van der Waals surface area (Å²) in [6, 6.07) is 20.0. The van der Waals surface area contributed by atoms with E-state index in [1.54, 1.807) is 12.1 Å². The molecule has 1 aliphatic rings. The van der Waals surface area contributed by atoms with E-state index < -0.39 is 17.8 Å². The first-order valence-electron chi connectivity index (χ1n) is 10.4. The van der Waals surface area contributed by atoms with Crippen molar-refractivity contribution < 1.29 is 19.5 Å². The number of anilines is 2. The molecule has 3 aromatic carbocycles. The monoisotopic (exact) mass is 428 g/mol. The van der Waals surface area contributed by atoms with Gasteiger partial charge in [0.15, 0.2) is 5.78 Å². The standard InChI is InChI=1S/C26H24N2O4/c1-15-3-10-21(13-16(15)2)28-26(32)27-20-11-8-18(9-12-20)17-4-6-19(7-5-17)24(29)22-14-23(22)25(30)31/h3-13,22-23H,14H2,1-2H3,(H,30,31)(H2,27,28,32). The third kappa shape index (κ3) is 4.70. The van der Waals surface area contributed by atoms with Crippen molar-refractivity contribution in [1.82, 2.24) is 0 Å². The van der Waals surface area contributed by atoms with E-state index in [0.717, 1.165) is 22.4 Å². The van der Waals surface area contributed by atoms with Gasteiger partial charge in [0, 0.05) is 22.9 Å². The minimum atomic E-state index is -0.906. The van der Waals surface area contributed by atoms with Crippen LogP contribution in [0, 0.1) is 25.7 Å². The molecule has 3 aromatic rings. The first-order chi connectivity index (χ1) is 15.3. The lowest BCUT2D eigenvalue weighted by atomic mass is 10.0. The van der Waals surface area contributed by atoms with Gasteiger partial charge in [-0.15, -0.1) is 0 Å². The summed E-state index contributed by atoms with van der Waals surface area (Å²) >= 11 is 0. The van der Waals surface area contributed by atoms with Gasteiger partial charge < -0.3 is 15.7 Å². The van der Waals surface area contributed by atoms with Crippen LogP contribution in [0.15, 0.2) is 66.7 Å². The first kappa shape index (κ1) is 21.3. The average Bonchev–Trinajstić information content (AvgIpc) is 3.58. The second-order valence-corrected chi connectivity index (χ2v) is 8.18. The van der Waals surface area contributed by atoms with Crippen LogP contribution in [0.5, 0.6) is 0 Å². The molecule has 1 saturated carbocycles. The highest BCUT2D eigenvalue weighted by atomic mass is 16.4. The van der Waals surface area contributed by atoms with Gasteiger partial charge in [0.25, 0.3) is 0 Å². The number of carboxylic acids is 1. The number of nitrogens with one attached hydrogen (secondary N) is 2. The van der Waals surface area contributed by atoms with Gasteiger partial charge in [-0.25, -0.2) is 4.79 Å². The van der Waals surface area contributed by atoms with E-state index in [1.807, 2.05) is 68.4 Å². The Morgan fingerprint density at radius 1 is 0.750 bits per heavy atom. The zero-order valence-electron chi connectivity index (χ0n) is 17.9. The fourth-order valence-electron chi connectivity index (χ4n) is 3.66. The second kappa shape index (κ2) is 8.67. The molecule has 3 N–H and O–H groups in total. The number of hydrogen-bond acceptors (Lipinski definition) is 3. The van der Waals surface area contributed by atoms with Crippen molar-refractivity contribution in [3.05, 3.63) is 83.4 Å². The number of ketones is 1. The molecule has 4 rings (SSSR count). The topological polar surface area (TPSA) is 95.5 Å². The van der Waals surface area contributed by atoms with Crippen LogP contribution in [-0.2, 0) is 4.79 Å². The summed E-state index contributed by atoms with van der Waals surface area (Å²) in [5.41, 5.74) is 6.08. The van der Waals surface area contributed by atoms with E-state index in [-0.39, 0.29) is 11.8 Å². The highest BCUT2D eigenvalue weighted by Crippen LogP contribution is 2.41. The van der Waals surface area contributed by atoms with Crippen molar-refractivity contribution in [2.75, 3.05) is 10.6 Å². The molecule has 1 fully saturated rings. The number of urea groups is 1. The maximum Gasteiger partial charge on any atom is 0.323 e. The molecule has 6 nitrogen and oxygen atoms in total. The quantitative estimate of drug-likeness (QED) is 0.451. The van der Waals surface area contributed by atoms with Gasteiger partial charge in [-0.05, 0) is 66.8 Å². The van der Waals surface area contributed by atoms with Crippen molar-refractivity contribution in [3.63, 3.8) is 0 Å². The Bertz CT molecular complexity index is 1180. The maximum atomic E-state index is 12.4. The molecule has 2 unspecified atom stereocenters. The second-order valence-electron chi connectivity index (χ2n) is 8.18. The summed E-state index contributed by atoms with van der Waals surface area (Å²) in [7, 11) is 0. The molecule has 2 atom stereocenters. The summed E-state index contributed by atoms with van der Waals surface area (Å²) in [6.45, 7) is 4.02. The summed E-state index contributed by atoms with van der Waals surface area (Å²) in [5.74, 6) is -1.97. The number of carbonyl (C=O) groups excluding carboxylic acids is 2. The predicted molar refractivity (Wildman–Crippen MR) is 124 cm³/mol. The smallest absolute Gasteiger partial charge is 0.323 e. The van der Waals surface area contributed by atoms with E-state index in [9.17, 15) is 14.4 Å². The average molecular weight is 428 g/mol. The van der Waals surface area contributed by atoms with E-state index >= 15 is 0 Å². The van der Waals surface area contributed by atoms with Crippen LogP contribution < -0.4 is 10.6 Å². The van der Waals surface area contributed by atoms with Gasteiger partial charge in [0.05, 0.1) is 5.92 Å². The van der Waals surface area contributed by atoms with E-state index in [2.05, 4.69) is 10.6 Å². The molecular formula is C26H24N2O4. The van der Waals surface area contributed by atoms with Gasteiger partial charge in [-0.3, -0.25) is 9.59 Å². The zero-order valence-corrected chi connectivity index (χ0v) is 17.9. The van der Waals surface area contributed by atoms with Crippen molar-refractivity contribution in [3.8, 4) is 11.1 Å². The fraction of sp³-hybridized carbons (Fsp3) is 0.192. The van der Waals surface area contributed by atoms with Crippen molar-refractivity contribution >= 4 is 29.2 Å². The molecule has 0 heterocycles. The van der Waals surface area contributed by atoms with Gasteiger partial charge in [-0.2, -0.15) is 0 Å². The molecule has 6 heteroatoms. The number of carbonyl (C=O) groups is 3. The number of amides is 2. The Balaban J connectivity index is 1.37. The van der Waals surface area contributed by atoms with Gasteiger partial charge in [-0.1, -0.05) is 42.5 Å². The lowest BCUT2D eigenvalue weighted by molar-refractivity contribution is -0.138. The molecule has 0 aliphatic heterocycles. The number of rotatable bonds is 6. The number of Topliss-reactive ketones (excluding diaryl/α,β-unsaturated/α-hetero) is 1. The van der Waals surface area contributed by atoms with Crippen molar-refractivity contribution in [2.45, 2.75) is 20.3 Å². The highest BCUT2D eigenvalue weighted by Gasteiger charge is 2.48. The Morgan fingerprint density at radius 3 is 1.88 bits per heavy atom. The van der Waals surface area contributed by atoms with Crippen LogP contribution in [0.25, 0.3) is 11.1 Å². The molecule has 32 heavy (non-hydrogen) atoms. The largest absolute Gasteiger partial charge is 0.481 e. The summed E-state index contributed by atoms with van der Waals surface area (Å²) in [6.07, 6.45) is 0.418. The molecule has 0 bridgehead atoms. The first-order valence-corrected chi connectivity index (χ1v) is 10.4. The lowest BCUT2D eigenvalue weighted by Gasteiger charge is -2.10. The Labute approximate surface area is 186 Å². The van der Waals surface area contributed by atoms with Crippen LogP contribution in [-0.4, -0.2) is 22.9 Å². The minimum Gasteiger partial charge on any atom is -0.481 e. The lowest BCUT2D eigenvalue weighted by Crippen LogP contribution is -2.19. The van der Waals surface area contributed by atoms with Crippen molar-refractivity contribution in [1.29, 1.82) is 0 Å². The molecule has 0 aromatic heterocycles. The summed E-state index contributed by atoms with van der Waals surface area (Å²) in [4.78, 5) is 35.6. The summed E-state index contributed by atoms with van der Waals surface area (Å²) in [5, 5.41) is 14.6. The van der Waals surface area contributed by atoms with Crippen LogP contribution in [0.2, 0.25) is 0 Å². The maximum absolute atomic E-state index is 12.4. The van der Waals surface area contributed by atoms with Crippen LogP contribution in [0.3, 0.4) is 0 Å². The third-order valence-electron chi connectivity index (χ3n) is 5.85. The number of hydrogen-bond donors (Lipinski definition) is 3. The van der Waals surface area contributed by atoms with E-state index in [4.69, 9.17) is 5.11 Å².